The van der Waals surface area contributed by atoms with Gasteiger partial charge in [-0.25, -0.2) is 0 Å². The fraction of sp³-hybridized carbons (Fsp3) is 0.632. The molecule has 2 heterocycles. The van der Waals surface area contributed by atoms with E-state index in [4.69, 9.17) is 14.2 Å². The van der Waals surface area contributed by atoms with Crippen LogP contribution in [-0.4, -0.2) is 58.3 Å². The number of nitrogens with one attached hydrogen (secondary N) is 1. The van der Waals surface area contributed by atoms with Crippen LogP contribution in [0.25, 0.3) is 0 Å². The predicted molar refractivity (Wildman–Crippen MR) is 103 cm³/mol. The monoisotopic (exact) mass is 384 g/mol. The van der Waals surface area contributed by atoms with Gasteiger partial charge in [-0.2, -0.15) is 0 Å². The number of amides is 1. The summed E-state index contributed by atoms with van der Waals surface area (Å²) in [5.74, 6) is 1.56. The molecular weight excluding hydrogens is 356 g/mol. The van der Waals surface area contributed by atoms with Gasteiger partial charge in [0.15, 0.2) is 11.5 Å². The topological polar surface area (TPSA) is 60.0 Å². The lowest BCUT2D eigenvalue weighted by molar-refractivity contribution is 0.0495. The van der Waals surface area contributed by atoms with Crippen LogP contribution < -0.4 is 19.5 Å². The Bertz CT molecular complexity index is 597. The van der Waals surface area contributed by atoms with Crippen molar-refractivity contribution in [3.8, 4) is 17.2 Å². The highest BCUT2D eigenvalue weighted by Crippen LogP contribution is 2.41. The Morgan fingerprint density at radius 2 is 1.50 bits per heavy atom. The van der Waals surface area contributed by atoms with Gasteiger partial charge in [-0.15, -0.1) is 12.4 Å². The largest absolute Gasteiger partial charge is 0.493 e. The van der Waals surface area contributed by atoms with Crippen LogP contribution in [-0.2, 0) is 0 Å². The van der Waals surface area contributed by atoms with E-state index >= 15 is 0 Å². The number of hydrogen-bond donors (Lipinski definition) is 1. The van der Waals surface area contributed by atoms with Crippen molar-refractivity contribution in [3.05, 3.63) is 17.7 Å². The SMILES string of the molecule is COc1cc(C(=O)N2CCC3(CCNCC3)CC2)cc(OC)c1OC.Cl. The van der Waals surface area contributed by atoms with Crippen LogP contribution in [0.4, 0.5) is 0 Å². The molecule has 0 aromatic heterocycles. The molecule has 2 saturated heterocycles. The maximum Gasteiger partial charge on any atom is 0.254 e. The van der Waals surface area contributed by atoms with Gasteiger partial charge in [0.05, 0.1) is 21.3 Å². The summed E-state index contributed by atoms with van der Waals surface area (Å²) < 4.78 is 16.1. The number of likely N-dealkylation sites (tertiary alicyclic amines) is 1. The first-order valence-corrected chi connectivity index (χ1v) is 8.92. The van der Waals surface area contributed by atoms with Crippen molar-refractivity contribution in [2.75, 3.05) is 47.5 Å². The van der Waals surface area contributed by atoms with Crippen molar-refractivity contribution in [1.82, 2.24) is 10.2 Å². The third kappa shape index (κ3) is 4.01. The fourth-order valence-corrected chi connectivity index (χ4v) is 4.03. The fourth-order valence-electron chi connectivity index (χ4n) is 4.03. The molecule has 0 radical (unpaired) electrons. The first kappa shape index (κ1) is 20.6. The van der Waals surface area contributed by atoms with Gasteiger partial charge in [0.25, 0.3) is 5.91 Å². The van der Waals surface area contributed by atoms with Crippen molar-refractivity contribution in [2.24, 2.45) is 5.41 Å². The third-order valence-electron chi connectivity index (χ3n) is 5.69. The second kappa shape index (κ2) is 8.82. The van der Waals surface area contributed by atoms with E-state index in [9.17, 15) is 4.79 Å². The smallest absolute Gasteiger partial charge is 0.254 e. The lowest BCUT2D eigenvalue weighted by atomic mass is 9.71. The maximum absolute atomic E-state index is 13.0. The highest BCUT2D eigenvalue weighted by atomic mass is 35.5. The molecule has 0 unspecified atom stereocenters. The normalized spacial score (nSPS) is 18.8. The molecular formula is C19H29ClN2O4. The molecule has 2 aliphatic heterocycles. The molecule has 3 rings (SSSR count). The molecule has 0 bridgehead atoms. The Balaban J connectivity index is 0.00000243. The first-order valence-electron chi connectivity index (χ1n) is 8.92. The molecule has 7 heteroatoms. The van der Waals surface area contributed by atoms with E-state index in [1.807, 2.05) is 4.90 Å². The van der Waals surface area contributed by atoms with Crippen LogP contribution in [0, 0.1) is 5.41 Å². The minimum atomic E-state index is 0. The first-order chi connectivity index (χ1) is 12.1. The van der Waals surface area contributed by atoms with Crippen LogP contribution in [0.2, 0.25) is 0 Å². The van der Waals surface area contributed by atoms with Crippen molar-refractivity contribution >= 4 is 18.3 Å². The standard InChI is InChI=1S/C19H28N2O4.ClH/c1-23-15-12-14(13-16(24-2)17(15)25-3)18(22)21-10-6-19(7-11-21)4-8-20-9-5-19;/h12-13,20H,4-11H2,1-3H3;1H. The Morgan fingerprint density at radius 3 is 1.96 bits per heavy atom. The Hall–Kier alpha value is -1.66. The predicted octanol–water partition coefficient (Wildman–Crippen LogP) is 2.74. The number of methoxy groups -OCH3 is 3. The van der Waals surface area contributed by atoms with E-state index < -0.39 is 0 Å². The summed E-state index contributed by atoms with van der Waals surface area (Å²) in [6.45, 7) is 3.83. The number of carbonyl (C=O) groups is 1. The Kier molecular flexibility index (Phi) is 7.01. The van der Waals surface area contributed by atoms with Crippen molar-refractivity contribution in [3.63, 3.8) is 0 Å². The minimum Gasteiger partial charge on any atom is -0.493 e. The second-order valence-electron chi connectivity index (χ2n) is 6.96. The van der Waals surface area contributed by atoms with E-state index in [0.717, 1.165) is 39.0 Å². The zero-order valence-corrected chi connectivity index (χ0v) is 16.6. The average molecular weight is 385 g/mol. The van der Waals surface area contributed by atoms with Crippen molar-refractivity contribution < 1.29 is 19.0 Å². The van der Waals surface area contributed by atoms with Gasteiger partial charge in [-0.05, 0) is 56.3 Å². The number of carbonyl (C=O) groups excluding carboxylic acids is 1. The number of benzene rings is 1. The Morgan fingerprint density at radius 1 is 0.962 bits per heavy atom. The molecule has 2 fully saturated rings. The number of nitrogens with zero attached hydrogens (tertiary/aromatic N) is 1. The third-order valence-corrected chi connectivity index (χ3v) is 5.69. The van der Waals surface area contributed by atoms with E-state index in [0.29, 0.717) is 28.2 Å². The summed E-state index contributed by atoms with van der Waals surface area (Å²) in [5.41, 5.74) is 1.01. The molecule has 1 spiro atoms. The molecule has 2 aliphatic rings. The molecule has 0 aliphatic carbocycles. The highest BCUT2D eigenvalue weighted by molar-refractivity contribution is 5.95. The summed E-state index contributed by atoms with van der Waals surface area (Å²) in [4.78, 5) is 14.9. The van der Waals surface area contributed by atoms with Gasteiger partial charge >= 0.3 is 0 Å². The van der Waals surface area contributed by atoms with Gasteiger partial charge in [0, 0.05) is 18.7 Å². The van der Waals surface area contributed by atoms with Crippen molar-refractivity contribution in [1.29, 1.82) is 0 Å². The molecule has 1 N–H and O–H groups in total. The van der Waals surface area contributed by atoms with Crippen LogP contribution in [0.15, 0.2) is 12.1 Å². The van der Waals surface area contributed by atoms with E-state index in [-0.39, 0.29) is 18.3 Å². The van der Waals surface area contributed by atoms with E-state index in [2.05, 4.69) is 5.32 Å². The highest BCUT2D eigenvalue weighted by Gasteiger charge is 2.37. The van der Waals surface area contributed by atoms with Gasteiger partial charge in [0.1, 0.15) is 0 Å². The number of hydrogen-bond acceptors (Lipinski definition) is 5. The molecule has 6 nitrogen and oxygen atoms in total. The number of ether oxygens (including phenoxy) is 3. The second-order valence-corrected chi connectivity index (χ2v) is 6.96. The molecule has 146 valence electrons. The molecule has 1 aromatic rings. The zero-order valence-electron chi connectivity index (χ0n) is 15.8. The summed E-state index contributed by atoms with van der Waals surface area (Å²) in [6.07, 6.45) is 4.62. The summed E-state index contributed by atoms with van der Waals surface area (Å²) >= 11 is 0. The number of piperidine rings is 2. The summed E-state index contributed by atoms with van der Waals surface area (Å²) in [7, 11) is 4.69. The zero-order chi connectivity index (χ0) is 17.9. The lowest BCUT2D eigenvalue weighted by Gasteiger charge is -2.44. The number of halogens is 1. The Labute approximate surface area is 161 Å². The summed E-state index contributed by atoms with van der Waals surface area (Å²) in [6, 6.07) is 3.47. The molecule has 0 atom stereocenters. The molecule has 1 amide bonds. The lowest BCUT2D eigenvalue weighted by Crippen LogP contribution is -2.47. The van der Waals surface area contributed by atoms with Gasteiger partial charge in [0.2, 0.25) is 5.75 Å². The molecule has 0 saturated carbocycles. The number of rotatable bonds is 4. The van der Waals surface area contributed by atoms with Gasteiger partial charge in [-0.3, -0.25) is 4.79 Å². The van der Waals surface area contributed by atoms with Crippen molar-refractivity contribution in [2.45, 2.75) is 25.7 Å². The molecule has 1 aromatic carbocycles. The van der Waals surface area contributed by atoms with E-state index in [1.54, 1.807) is 33.5 Å². The molecule has 26 heavy (non-hydrogen) atoms. The van der Waals surface area contributed by atoms with Gasteiger partial charge < -0.3 is 24.4 Å². The van der Waals surface area contributed by atoms with E-state index in [1.165, 1.54) is 12.8 Å². The van der Waals surface area contributed by atoms with Crippen LogP contribution >= 0.6 is 12.4 Å². The van der Waals surface area contributed by atoms with Crippen LogP contribution in [0.1, 0.15) is 36.0 Å². The summed E-state index contributed by atoms with van der Waals surface area (Å²) in [5, 5.41) is 3.43. The average Bonchev–Trinajstić information content (AvgIpc) is 2.67. The van der Waals surface area contributed by atoms with Crippen LogP contribution in [0.5, 0.6) is 17.2 Å². The minimum absolute atomic E-state index is 0. The quantitative estimate of drug-likeness (QED) is 0.864. The van der Waals surface area contributed by atoms with Crippen LogP contribution in [0.3, 0.4) is 0 Å². The maximum atomic E-state index is 13.0. The van der Waals surface area contributed by atoms with Gasteiger partial charge in [-0.1, -0.05) is 0 Å².